The minimum absolute atomic E-state index is 0.0513. The molecule has 0 bridgehead atoms. The first-order chi connectivity index (χ1) is 8.99. The molecule has 7 nitrogen and oxygen atoms in total. The van der Waals surface area contributed by atoms with Crippen molar-refractivity contribution in [2.45, 2.75) is 46.6 Å². The Morgan fingerprint density at radius 2 is 2.05 bits per heavy atom. The zero-order valence-electron chi connectivity index (χ0n) is 11.9. The largest absolute Gasteiger partial charge is 0.362 e. The molecule has 0 fully saturated rings. The van der Waals surface area contributed by atoms with Crippen molar-refractivity contribution >= 4 is 17.5 Å². The lowest BCUT2D eigenvalue weighted by Crippen LogP contribution is -2.18. The first-order valence-corrected chi connectivity index (χ1v) is 6.53. The van der Waals surface area contributed by atoms with E-state index < -0.39 is 4.92 Å². The number of aryl methyl sites for hydroxylation is 1. The van der Waals surface area contributed by atoms with E-state index in [9.17, 15) is 10.1 Å². The first kappa shape index (κ1) is 15.1. The summed E-state index contributed by atoms with van der Waals surface area (Å²) in [4.78, 5) is 19.0. The Morgan fingerprint density at radius 1 is 1.37 bits per heavy atom. The lowest BCUT2D eigenvalue weighted by molar-refractivity contribution is -0.385. The van der Waals surface area contributed by atoms with Gasteiger partial charge in [0.05, 0.1) is 4.92 Å². The zero-order chi connectivity index (χ0) is 14.4. The Bertz CT molecular complexity index is 450. The number of rotatable bonds is 7. The van der Waals surface area contributed by atoms with E-state index in [4.69, 9.17) is 0 Å². The van der Waals surface area contributed by atoms with Crippen molar-refractivity contribution in [2.24, 2.45) is 0 Å². The van der Waals surface area contributed by atoms with E-state index in [0.29, 0.717) is 18.2 Å². The summed E-state index contributed by atoms with van der Waals surface area (Å²) in [6, 6.07) is 0.132. The molecule has 1 heterocycles. The Balaban J connectivity index is 3.12. The molecule has 1 aromatic heterocycles. The number of aromatic nitrogens is 2. The van der Waals surface area contributed by atoms with Gasteiger partial charge < -0.3 is 10.6 Å². The molecule has 0 saturated heterocycles. The maximum Gasteiger partial charge on any atom is 0.332 e. The van der Waals surface area contributed by atoms with Crippen molar-refractivity contribution in [2.75, 3.05) is 17.2 Å². The molecule has 0 aliphatic rings. The maximum atomic E-state index is 11.1. The van der Waals surface area contributed by atoms with Crippen molar-refractivity contribution in [3.8, 4) is 0 Å². The lowest BCUT2D eigenvalue weighted by atomic mass is 10.2. The highest BCUT2D eigenvalue weighted by molar-refractivity contribution is 5.61. The first-order valence-electron chi connectivity index (χ1n) is 6.53. The molecule has 0 aliphatic carbocycles. The summed E-state index contributed by atoms with van der Waals surface area (Å²) >= 11 is 0. The summed E-state index contributed by atoms with van der Waals surface area (Å²) < 4.78 is 0. The topological polar surface area (TPSA) is 93.0 Å². The summed E-state index contributed by atoms with van der Waals surface area (Å²) in [6.45, 7) is 8.27. The summed E-state index contributed by atoms with van der Waals surface area (Å²) in [7, 11) is 0. The highest BCUT2D eigenvalue weighted by Crippen LogP contribution is 2.27. The zero-order valence-corrected chi connectivity index (χ0v) is 11.9. The minimum atomic E-state index is -0.438. The van der Waals surface area contributed by atoms with Crippen LogP contribution in [0.25, 0.3) is 0 Å². The van der Waals surface area contributed by atoms with Gasteiger partial charge in [-0.2, -0.15) is 4.98 Å². The molecule has 0 saturated carbocycles. The quantitative estimate of drug-likeness (QED) is 0.583. The van der Waals surface area contributed by atoms with E-state index in [2.05, 4.69) is 27.5 Å². The van der Waals surface area contributed by atoms with E-state index in [1.165, 1.54) is 0 Å². The van der Waals surface area contributed by atoms with E-state index in [1.54, 1.807) is 6.92 Å². The summed E-state index contributed by atoms with van der Waals surface area (Å²) in [5.41, 5.74) is 0.312. The van der Waals surface area contributed by atoms with Crippen LogP contribution < -0.4 is 10.6 Å². The maximum absolute atomic E-state index is 11.1. The second-order valence-corrected chi connectivity index (χ2v) is 4.45. The van der Waals surface area contributed by atoms with Crippen LogP contribution in [0.5, 0.6) is 0 Å². The summed E-state index contributed by atoms with van der Waals surface area (Å²) in [5, 5.41) is 17.2. The van der Waals surface area contributed by atoms with Crippen LogP contribution in [0.2, 0.25) is 0 Å². The number of nitro groups is 1. The van der Waals surface area contributed by atoms with Gasteiger partial charge in [-0.3, -0.25) is 10.1 Å². The average molecular weight is 267 g/mol. The standard InChI is InChI=1S/C12H21N5O2/c1-5-7-8(3)14-11-10(17(18)19)9(4)15-12(16-11)13-6-2/h8H,5-7H2,1-4H3,(H2,13,14,15,16). The molecule has 106 valence electrons. The molecule has 0 spiro atoms. The van der Waals surface area contributed by atoms with Crippen LogP contribution in [0.15, 0.2) is 0 Å². The van der Waals surface area contributed by atoms with E-state index in [-0.39, 0.29) is 17.5 Å². The molecule has 1 atom stereocenters. The lowest BCUT2D eigenvalue weighted by Gasteiger charge is -2.15. The van der Waals surface area contributed by atoms with Gasteiger partial charge in [-0.05, 0) is 27.2 Å². The predicted octanol–water partition coefficient (Wildman–Crippen LogP) is 2.73. The Morgan fingerprint density at radius 3 is 2.58 bits per heavy atom. The highest BCUT2D eigenvalue weighted by Gasteiger charge is 2.22. The SMILES string of the molecule is CCCC(C)Nc1nc(NCC)nc(C)c1[N+](=O)[O-]. The molecule has 19 heavy (non-hydrogen) atoms. The molecule has 0 radical (unpaired) electrons. The number of nitrogens with zero attached hydrogens (tertiary/aromatic N) is 3. The van der Waals surface area contributed by atoms with Crippen LogP contribution in [-0.4, -0.2) is 27.5 Å². The van der Waals surface area contributed by atoms with Crippen molar-refractivity contribution in [1.29, 1.82) is 0 Å². The molecular weight excluding hydrogens is 246 g/mol. The van der Waals surface area contributed by atoms with E-state index >= 15 is 0 Å². The predicted molar refractivity (Wildman–Crippen MR) is 75.6 cm³/mol. The van der Waals surface area contributed by atoms with Crippen molar-refractivity contribution in [3.05, 3.63) is 15.8 Å². The van der Waals surface area contributed by atoms with Crippen LogP contribution in [0.4, 0.5) is 17.5 Å². The van der Waals surface area contributed by atoms with Crippen LogP contribution in [0, 0.1) is 17.0 Å². The second-order valence-electron chi connectivity index (χ2n) is 4.45. The van der Waals surface area contributed by atoms with Gasteiger partial charge in [-0.15, -0.1) is 0 Å². The fourth-order valence-corrected chi connectivity index (χ4v) is 1.86. The molecule has 2 N–H and O–H groups in total. The third kappa shape index (κ3) is 4.04. The molecule has 1 unspecified atom stereocenters. The van der Waals surface area contributed by atoms with Crippen LogP contribution in [0.1, 0.15) is 39.3 Å². The monoisotopic (exact) mass is 267 g/mol. The number of hydrogen-bond donors (Lipinski definition) is 2. The normalized spacial score (nSPS) is 12.0. The smallest absolute Gasteiger partial charge is 0.332 e. The van der Waals surface area contributed by atoms with E-state index in [0.717, 1.165) is 12.8 Å². The van der Waals surface area contributed by atoms with Gasteiger partial charge in [0, 0.05) is 12.6 Å². The van der Waals surface area contributed by atoms with Crippen molar-refractivity contribution in [3.63, 3.8) is 0 Å². The van der Waals surface area contributed by atoms with Crippen LogP contribution >= 0.6 is 0 Å². The van der Waals surface area contributed by atoms with Crippen LogP contribution in [-0.2, 0) is 0 Å². The third-order valence-corrected chi connectivity index (χ3v) is 2.68. The molecular formula is C12H21N5O2. The van der Waals surface area contributed by atoms with Crippen molar-refractivity contribution < 1.29 is 4.92 Å². The number of nitrogens with one attached hydrogen (secondary N) is 2. The second kappa shape index (κ2) is 6.86. The number of hydrogen-bond acceptors (Lipinski definition) is 6. The van der Waals surface area contributed by atoms with Crippen molar-refractivity contribution in [1.82, 2.24) is 9.97 Å². The Kier molecular flexibility index (Phi) is 5.47. The van der Waals surface area contributed by atoms with Gasteiger partial charge in [0.2, 0.25) is 11.8 Å². The fraction of sp³-hybridized carbons (Fsp3) is 0.667. The average Bonchev–Trinajstić information content (AvgIpc) is 2.28. The number of anilines is 2. The Labute approximate surface area is 113 Å². The van der Waals surface area contributed by atoms with Gasteiger partial charge >= 0.3 is 5.69 Å². The molecule has 7 heteroatoms. The van der Waals surface area contributed by atoms with Gasteiger partial charge in [0.15, 0.2) is 0 Å². The van der Waals surface area contributed by atoms with Gasteiger partial charge in [-0.25, -0.2) is 4.98 Å². The highest BCUT2D eigenvalue weighted by atomic mass is 16.6. The summed E-state index contributed by atoms with van der Waals surface area (Å²) in [5.74, 6) is 0.700. The Hall–Kier alpha value is -1.92. The molecule has 0 aliphatic heterocycles. The van der Waals surface area contributed by atoms with E-state index in [1.807, 2.05) is 13.8 Å². The molecule has 0 aromatic carbocycles. The summed E-state index contributed by atoms with van der Waals surface area (Å²) in [6.07, 6.45) is 1.93. The van der Waals surface area contributed by atoms with Gasteiger partial charge in [-0.1, -0.05) is 13.3 Å². The van der Waals surface area contributed by atoms with Crippen LogP contribution in [0.3, 0.4) is 0 Å². The third-order valence-electron chi connectivity index (χ3n) is 2.68. The molecule has 1 rings (SSSR count). The van der Waals surface area contributed by atoms with Gasteiger partial charge in [0.25, 0.3) is 0 Å². The fourth-order valence-electron chi connectivity index (χ4n) is 1.86. The minimum Gasteiger partial charge on any atom is -0.362 e. The molecule has 1 aromatic rings. The molecule has 0 amide bonds. The van der Waals surface area contributed by atoms with Gasteiger partial charge in [0.1, 0.15) is 5.69 Å².